The Morgan fingerprint density at radius 2 is 1.12 bits per heavy atom. The molecule has 0 unspecified atom stereocenters. The lowest BCUT2D eigenvalue weighted by atomic mass is 9.99. The number of carbonyl (C=O) groups is 2. The van der Waals surface area contributed by atoms with Gasteiger partial charge in [-0.3, -0.25) is 9.80 Å². The van der Waals surface area contributed by atoms with Crippen LogP contribution >= 0.6 is 0 Å². The van der Waals surface area contributed by atoms with Crippen molar-refractivity contribution in [3.05, 3.63) is 0 Å². The van der Waals surface area contributed by atoms with Gasteiger partial charge in [-0.25, -0.2) is 9.59 Å². The summed E-state index contributed by atoms with van der Waals surface area (Å²) in [5, 5.41) is 0. The zero-order chi connectivity index (χ0) is 19.4. The second-order valence-corrected chi connectivity index (χ2v) is 8.75. The molecule has 1 aliphatic heterocycles. The van der Waals surface area contributed by atoms with Crippen molar-refractivity contribution in [3.8, 4) is 0 Å². The highest BCUT2D eigenvalue weighted by atomic mass is 16.6. The maximum Gasteiger partial charge on any atom is 0.412 e. The highest BCUT2D eigenvalue weighted by Crippen LogP contribution is 2.30. The Morgan fingerprint density at radius 3 is 1.36 bits per heavy atom. The lowest BCUT2D eigenvalue weighted by Gasteiger charge is -2.30. The van der Waals surface area contributed by atoms with Crippen molar-refractivity contribution in [1.82, 2.24) is 9.80 Å². The Kier molecular flexibility index (Phi) is 7.15. The van der Waals surface area contributed by atoms with Crippen LogP contribution in [0.15, 0.2) is 0 Å². The molecule has 0 bridgehead atoms. The minimum Gasteiger partial charge on any atom is -0.444 e. The number of carbonyl (C=O) groups excluding carboxylic acids is 2. The van der Waals surface area contributed by atoms with Gasteiger partial charge < -0.3 is 9.47 Å². The second-order valence-electron chi connectivity index (χ2n) is 8.75. The molecule has 6 heteroatoms. The molecule has 2 atom stereocenters. The van der Waals surface area contributed by atoms with Crippen LogP contribution in [-0.4, -0.2) is 51.9 Å². The molecule has 2 amide bonds. The molecule has 1 rings (SSSR count). The summed E-state index contributed by atoms with van der Waals surface area (Å²) in [5.41, 5.74) is -1.12. The van der Waals surface area contributed by atoms with Gasteiger partial charge in [-0.1, -0.05) is 26.7 Å². The number of amides is 2. The number of ether oxygens (including phenoxy) is 2. The molecule has 0 aliphatic carbocycles. The first-order valence-electron chi connectivity index (χ1n) is 9.38. The highest BCUT2D eigenvalue weighted by molar-refractivity contribution is 5.73. The first-order valence-corrected chi connectivity index (χ1v) is 9.38. The summed E-state index contributed by atoms with van der Waals surface area (Å²) >= 11 is 0. The molecule has 0 aromatic heterocycles. The third-order valence-electron chi connectivity index (χ3n) is 3.97. The Hall–Kier alpha value is -1.46. The van der Waals surface area contributed by atoms with Gasteiger partial charge in [-0.15, -0.1) is 0 Å². The number of hydrogen-bond acceptors (Lipinski definition) is 4. The van der Waals surface area contributed by atoms with Crippen molar-refractivity contribution in [2.75, 3.05) is 6.67 Å². The molecule has 0 saturated carbocycles. The zero-order valence-corrected chi connectivity index (χ0v) is 17.2. The van der Waals surface area contributed by atoms with Gasteiger partial charge in [0.25, 0.3) is 0 Å². The normalized spacial score (nSPS) is 21.4. The summed E-state index contributed by atoms with van der Waals surface area (Å²) in [5.74, 6) is 0. The molecule has 1 fully saturated rings. The van der Waals surface area contributed by atoms with Crippen LogP contribution in [0, 0.1) is 0 Å². The van der Waals surface area contributed by atoms with Gasteiger partial charge >= 0.3 is 12.2 Å². The SMILES string of the molecule is CCC[C@@H]1[C@@H](CCC)N(C(=O)OC(C)(C)C)CN1C(=O)OC(C)(C)C. The van der Waals surface area contributed by atoms with Crippen LogP contribution < -0.4 is 0 Å². The Labute approximate surface area is 152 Å². The van der Waals surface area contributed by atoms with Crippen LogP contribution in [0.3, 0.4) is 0 Å². The van der Waals surface area contributed by atoms with Crippen molar-refractivity contribution >= 4 is 12.2 Å². The minimum atomic E-state index is -0.562. The number of nitrogens with zero attached hydrogens (tertiary/aromatic N) is 2. The molecule has 1 heterocycles. The van der Waals surface area contributed by atoms with E-state index in [1.165, 1.54) is 0 Å². The van der Waals surface area contributed by atoms with Crippen LogP contribution in [0.4, 0.5) is 9.59 Å². The van der Waals surface area contributed by atoms with Gasteiger partial charge in [0.05, 0.1) is 12.1 Å². The first kappa shape index (κ1) is 21.6. The van der Waals surface area contributed by atoms with E-state index in [1.54, 1.807) is 9.80 Å². The van der Waals surface area contributed by atoms with Crippen molar-refractivity contribution in [2.45, 2.75) is 104 Å². The highest BCUT2D eigenvalue weighted by Gasteiger charge is 2.46. The van der Waals surface area contributed by atoms with E-state index in [-0.39, 0.29) is 30.9 Å². The Morgan fingerprint density at radius 1 is 0.800 bits per heavy atom. The van der Waals surface area contributed by atoms with Crippen LogP contribution in [-0.2, 0) is 9.47 Å². The predicted molar refractivity (Wildman–Crippen MR) is 98.4 cm³/mol. The molecule has 146 valence electrons. The monoisotopic (exact) mass is 356 g/mol. The van der Waals surface area contributed by atoms with E-state index in [0.29, 0.717) is 0 Å². The van der Waals surface area contributed by atoms with E-state index in [1.807, 2.05) is 41.5 Å². The lowest BCUT2D eigenvalue weighted by Crippen LogP contribution is -2.43. The zero-order valence-electron chi connectivity index (χ0n) is 17.2. The maximum atomic E-state index is 12.7. The van der Waals surface area contributed by atoms with Crippen molar-refractivity contribution in [2.24, 2.45) is 0 Å². The predicted octanol–water partition coefficient (Wildman–Crippen LogP) is 4.77. The molecule has 0 aromatic rings. The van der Waals surface area contributed by atoms with E-state index in [4.69, 9.17) is 9.47 Å². The molecule has 0 N–H and O–H groups in total. The largest absolute Gasteiger partial charge is 0.444 e. The van der Waals surface area contributed by atoms with E-state index >= 15 is 0 Å². The Bertz CT molecular complexity index is 423. The molecule has 25 heavy (non-hydrogen) atoms. The van der Waals surface area contributed by atoms with Gasteiger partial charge in [-0.05, 0) is 54.4 Å². The molecule has 1 aliphatic rings. The summed E-state index contributed by atoms with van der Waals surface area (Å²) in [7, 11) is 0. The van der Waals surface area contributed by atoms with Crippen molar-refractivity contribution < 1.29 is 19.1 Å². The van der Waals surface area contributed by atoms with Crippen LogP contribution in [0.25, 0.3) is 0 Å². The van der Waals surface area contributed by atoms with E-state index in [0.717, 1.165) is 25.7 Å². The number of hydrogen-bond donors (Lipinski definition) is 0. The van der Waals surface area contributed by atoms with Gasteiger partial charge in [0.1, 0.15) is 17.9 Å². The smallest absolute Gasteiger partial charge is 0.412 e. The number of rotatable bonds is 4. The molecule has 0 spiro atoms. The second kappa shape index (κ2) is 8.28. The molecule has 6 nitrogen and oxygen atoms in total. The van der Waals surface area contributed by atoms with Gasteiger partial charge in [0, 0.05) is 0 Å². The van der Waals surface area contributed by atoms with E-state index < -0.39 is 11.2 Å². The van der Waals surface area contributed by atoms with Gasteiger partial charge in [-0.2, -0.15) is 0 Å². The van der Waals surface area contributed by atoms with Crippen molar-refractivity contribution in [1.29, 1.82) is 0 Å². The summed E-state index contributed by atoms with van der Waals surface area (Å²) in [4.78, 5) is 28.7. The Balaban J connectivity index is 3.05. The fraction of sp³-hybridized carbons (Fsp3) is 0.895. The average molecular weight is 357 g/mol. The van der Waals surface area contributed by atoms with Crippen LogP contribution in [0.5, 0.6) is 0 Å². The van der Waals surface area contributed by atoms with Crippen LogP contribution in [0.1, 0.15) is 81.1 Å². The van der Waals surface area contributed by atoms with E-state index in [2.05, 4.69) is 13.8 Å². The molecule has 1 saturated heterocycles. The minimum absolute atomic E-state index is 0.0349. The van der Waals surface area contributed by atoms with Gasteiger partial charge in [0.2, 0.25) is 0 Å². The molecule has 0 aromatic carbocycles. The standard InChI is InChI=1S/C19H36N2O4/c1-9-11-14-15(12-10-2)21(17(23)25-19(6,7)8)13-20(14)16(22)24-18(3,4)5/h14-15H,9-13H2,1-8H3/t14-,15-/m1/s1. The molecular formula is C19H36N2O4. The van der Waals surface area contributed by atoms with Crippen LogP contribution in [0.2, 0.25) is 0 Å². The molecular weight excluding hydrogens is 320 g/mol. The summed E-state index contributed by atoms with van der Waals surface area (Å²) in [6.45, 7) is 15.5. The summed E-state index contributed by atoms with van der Waals surface area (Å²) in [6, 6.07) is -0.0698. The fourth-order valence-corrected chi connectivity index (χ4v) is 3.10. The topological polar surface area (TPSA) is 59.1 Å². The lowest BCUT2D eigenvalue weighted by molar-refractivity contribution is 0.0133. The third-order valence-corrected chi connectivity index (χ3v) is 3.97. The first-order chi connectivity index (χ1) is 11.4. The van der Waals surface area contributed by atoms with Crippen molar-refractivity contribution in [3.63, 3.8) is 0 Å². The molecule has 0 radical (unpaired) electrons. The quantitative estimate of drug-likeness (QED) is 0.728. The summed E-state index contributed by atoms with van der Waals surface area (Å²) < 4.78 is 11.1. The summed E-state index contributed by atoms with van der Waals surface area (Å²) in [6.07, 6.45) is 2.82. The maximum absolute atomic E-state index is 12.7. The third kappa shape index (κ3) is 6.40. The fourth-order valence-electron chi connectivity index (χ4n) is 3.10. The van der Waals surface area contributed by atoms with Gasteiger partial charge in [0.15, 0.2) is 0 Å². The average Bonchev–Trinajstić information content (AvgIpc) is 2.75. The van der Waals surface area contributed by atoms with E-state index in [9.17, 15) is 9.59 Å².